The third kappa shape index (κ3) is 13.0. The second kappa shape index (κ2) is 24.2. The molecule has 0 unspecified atom stereocenters. The fourth-order valence-corrected chi connectivity index (χ4v) is 10.8. The van der Waals surface area contributed by atoms with Crippen LogP contribution in [0.15, 0.2) is 144 Å². The SMILES string of the molecule is CC(=O)OCc1cncc(N2CCC[C@H](N(Cc3ccnc(C)c3)Cc3cn(C)c4ccccc4c3=O)C2)c1.Cc1cc(CN(Cc2cn(C)c3ccccc3c2=O)[C@H]2CCCN(c3cncc(CO)c3)C2)ccn1. The summed E-state index contributed by atoms with van der Waals surface area (Å²) in [5.74, 6) is -0.305. The van der Waals surface area contributed by atoms with Crippen LogP contribution in [0.25, 0.3) is 21.8 Å². The number of aromatic nitrogens is 6. The van der Waals surface area contributed by atoms with Crippen molar-refractivity contribution in [1.82, 2.24) is 38.9 Å². The molecule has 0 aliphatic carbocycles. The summed E-state index contributed by atoms with van der Waals surface area (Å²) >= 11 is 0. The van der Waals surface area contributed by atoms with Gasteiger partial charge in [0.2, 0.25) is 0 Å². The Kier molecular flexibility index (Phi) is 16.9. The highest BCUT2D eigenvalue weighted by molar-refractivity contribution is 5.80. The highest BCUT2D eigenvalue weighted by Gasteiger charge is 2.29. The predicted molar refractivity (Wildman–Crippen MR) is 295 cm³/mol. The van der Waals surface area contributed by atoms with Crippen LogP contribution in [0.3, 0.4) is 0 Å². The summed E-state index contributed by atoms with van der Waals surface area (Å²) in [5.41, 5.74) is 11.8. The van der Waals surface area contributed by atoms with Crippen molar-refractivity contribution in [2.24, 2.45) is 14.1 Å². The van der Waals surface area contributed by atoms with Crippen LogP contribution >= 0.6 is 0 Å². The van der Waals surface area contributed by atoms with Gasteiger partial charge in [0.15, 0.2) is 10.9 Å². The number of esters is 1. The van der Waals surface area contributed by atoms with E-state index in [-0.39, 0.29) is 42.1 Å². The van der Waals surface area contributed by atoms with Crippen molar-refractivity contribution in [3.05, 3.63) is 200 Å². The van der Waals surface area contributed by atoms with Crippen molar-refractivity contribution >= 4 is 39.1 Å². The average Bonchev–Trinajstić information content (AvgIpc) is 3.43. The summed E-state index contributed by atoms with van der Waals surface area (Å²) in [7, 11) is 4.01. The van der Waals surface area contributed by atoms with Crippen LogP contribution in [-0.2, 0) is 63.0 Å². The van der Waals surface area contributed by atoms with E-state index in [1.54, 1.807) is 12.4 Å². The van der Waals surface area contributed by atoms with E-state index in [0.717, 1.165) is 132 Å². The number of nitrogens with zero attached hydrogens (tertiary/aromatic N) is 10. The number of para-hydroxylation sites is 2. The van der Waals surface area contributed by atoms with Gasteiger partial charge in [0.05, 0.1) is 41.4 Å². The van der Waals surface area contributed by atoms with Gasteiger partial charge in [0.25, 0.3) is 0 Å². The summed E-state index contributed by atoms with van der Waals surface area (Å²) in [6.07, 6.45) is 19.0. The quantitative estimate of drug-likeness (QED) is 0.0984. The molecule has 388 valence electrons. The van der Waals surface area contributed by atoms with Gasteiger partial charge in [0.1, 0.15) is 6.61 Å². The highest BCUT2D eigenvalue weighted by Crippen LogP contribution is 2.28. The van der Waals surface area contributed by atoms with E-state index in [0.29, 0.717) is 13.1 Å². The number of aryl methyl sites for hydroxylation is 4. The zero-order valence-corrected chi connectivity index (χ0v) is 43.8. The fraction of sp³-hybridized carbons (Fsp3) is 0.350. The van der Waals surface area contributed by atoms with Gasteiger partial charge in [-0.3, -0.25) is 44.1 Å². The van der Waals surface area contributed by atoms with Gasteiger partial charge in [-0.05, 0) is 117 Å². The molecule has 0 radical (unpaired) electrons. The summed E-state index contributed by atoms with van der Waals surface area (Å²) in [6, 6.07) is 28.5. The van der Waals surface area contributed by atoms with Crippen LogP contribution in [0, 0.1) is 13.8 Å². The Hall–Kier alpha value is -7.59. The first-order valence-corrected chi connectivity index (χ1v) is 26.0. The highest BCUT2D eigenvalue weighted by atomic mass is 16.5. The van der Waals surface area contributed by atoms with Gasteiger partial charge in [0, 0.05) is 161 Å². The number of fused-ring (bicyclic) bond motifs is 2. The predicted octanol–water partition coefficient (Wildman–Crippen LogP) is 8.17. The number of carbonyl (C=O) groups excluding carboxylic acids is 1. The molecule has 75 heavy (non-hydrogen) atoms. The van der Waals surface area contributed by atoms with E-state index in [9.17, 15) is 19.5 Å². The van der Waals surface area contributed by atoms with Crippen LogP contribution in [0.4, 0.5) is 11.4 Å². The smallest absolute Gasteiger partial charge is 0.302 e. The lowest BCUT2D eigenvalue weighted by atomic mass is 10.0. The molecule has 10 rings (SSSR count). The molecule has 0 bridgehead atoms. The van der Waals surface area contributed by atoms with E-state index < -0.39 is 0 Å². The molecule has 2 atom stereocenters. The number of hydrogen-bond acceptors (Lipinski definition) is 13. The first-order chi connectivity index (χ1) is 36.4. The van der Waals surface area contributed by atoms with Gasteiger partial charge < -0.3 is 28.8 Å². The topological polar surface area (TPSA) is 155 Å². The second-order valence-corrected chi connectivity index (χ2v) is 20.2. The molecule has 1 N–H and O–H groups in total. The van der Waals surface area contributed by atoms with E-state index in [1.807, 2.05) is 130 Å². The Morgan fingerprint density at radius 1 is 0.627 bits per heavy atom. The molecule has 0 saturated carbocycles. The molecule has 2 aromatic carbocycles. The average molecular weight is 1010 g/mol. The van der Waals surface area contributed by atoms with E-state index in [1.165, 1.54) is 18.1 Å². The maximum atomic E-state index is 13.5. The van der Waals surface area contributed by atoms with Crippen LogP contribution in [-0.4, -0.2) is 88.2 Å². The Morgan fingerprint density at radius 3 is 1.56 bits per heavy atom. The maximum Gasteiger partial charge on any atom is 0.302 e. The number of pyridine rings is 6. The number of piperidine rings is 2. The van der Waals surface area contributed by atoms with E-state index in [2.05, 4.69) is 68.4 Å². The molecule has 2 aliphatic rings. The molecular weight excluding hydrogens is 941 g/mol. The molecule has 0 spiro atoms. The summed E-state index contributed by atoms with van der Waals surface area (Å²) in [6.45, 7) is 11.8. The maximum absolute atomic E-state index is 13.5. The van der Waals surface area contributed by atoms with Gasteiger partial charge in [-0.25, -0.2) is 0 Å². The lowest BCUT2D eigenvalue weighted by Gasteiger charge is -2.40. The zero-order valence-electron chi connectivity index (χ0n) is 43.8. The molecule has 6 aromatic heterocycles. The monoisotopic (exact) mass is 1010 g/mol. The molecule has 2 fully saturated rings. The number of carbonyl (C=O) groups is 1. The Bertz CT molecular complexity index is 3400. The number of rotatable bonds is 15. The van der Waals surface area contributed by atoms with Crippen molar-refractivity contribution in [3.8, 4) is 0 Å². The zero-order chi connectivity index (χ0) is 52.4. The Morgan fingerprint density at radius 2 is 1.09 bits per heavy atom. The van der Waals surface area contributed by atoms with Crippen LogP contribution in [0.2, 0.25) is 0 Å². The summed E-state index contributed by atoms with van der Waals surface area (Å²) in [5, 5.41) is 11.1. The normalized spacial score (nSPS) is 15.8. The van der Waals surface area contributed by atoms with Gasteiger partial charge >= 0.3 is 5.97 Å². The van der Waals surface area contributed by atoms with E-state index in [4.69, 9.17) is 4.74 Å². The number of aliphatic hydroxyl groups is 1. The molecule has 15 nitrogen and oxygen atoms in total. The van der Waals surface area contributed by atoms with Gasteiger partial charge in [-0.15, -0.1) is 0 Å². The summed E-state index contributed by atoms with van der Waals surface area (Å²) in [4.78, 5) is 65.3. The van der Waals surface area contributed by atoms with Crippen molar-refractivity contribution in [3.63, 3.8) is 0 Å². The minimum atomic E-state index is -0.305. The molecule has 15 heteroatoms. The van der Waals surface area contributed by atoms with Crippen molar-refractivity contribution in [2.75, 3.05) is 36.0 Å². The van der Waals surface area contributed by atoms with Gasteiger partial charge in [-0.2, -0.15) is 0 Å². The molecule has 2 aliphatic heterocycles. The van der Waals surface area contributed by atoms with Crippen molar-refractivity contribution < 1.29 is 14.6 Å². The Balaban J connectivity index is 0.000000184. The molecule has 0 amide bonds. The number of ether oxygens (including phenoxy) is 1. The second-order valence-electron chi connectivity index (χ2n) is 20.2. The third-order valence-corrected chi connectivity index (χ3v) is 14.5. The molecule has 8 heterocycles. The van der Waals surface area contributed by atoms with Crippen molar-refractivity contribution in [2.45, 2.75) is 97.9 Å². The minimum Gasteiger partial charge on any atom is -0.461 e. The minimum absolute atomic E-state index is 0.0170. The van der Waals surface area contributed by atoms with Gasteiger partial charge in [-0.1, -0.05) is 24.3 Å². The van der Waals surface area contributed by atoms with E-state index >= 15 is 0 Å². The number of hydrogen-bond donors (Lipinski definition) is 1. The first-order valence-electron chi connectivity index (χ1n) is 26.0. The summed E-state index contributed by atoms with van der Waals surface area (Å²) < 4.78 is 9.29. The lowest BCUT2D eigenvalue weighted by Crippen LogP contribution is -2.48. The lowest BCUT2D eigenvalue weighted by molar-refractivity contribution is -0.142. The largest absolute Gasteiger partial charge is 0.461 e. The third-order valence-electron chi connectivity index (χ3n) is 14.5. The first kappa shape index (κ1) is 52.3. The Labute approximate surface area is 438 Å². The fourth-order valence-electron chi connectivity index (χ4n) is 10.8. The molecule has 2 saturated heterocycles. The number of benzene rings is 2. The number of aliphatic hydroxyl groups excluding tert-OH is 1. The molecular formula is C60H68N10O5. The van der Waals surface area contributed by atoms with Crippen molar-refractivity contribution in [1.29, 1.82) is 0 Å². The van der Waals surface area contributed by atoms with Crippen LogP contribution in [0.1, 0.15) is 77.4 Å². The van der Waals surface area contributed by atoms with Crippen LogP contribution in [0.5, 0.6) is 0 Å². The number of anilines is 2. The van der Waals surface area contributed by atoms with Crippen LogP contribution < -0.4 is 20.7 Å². The molecule has 8 aromatic rings. The standard InChI is InChI=1S/C31H35N5O3.C29H33N5O2/c1-22-13-24(10-11-33-22)17-36(19-26-18-34(3)30-9-5-4-8-29(30)31(26)38)27-7-6-12-35(20-27)28-14-25(15-32-16-28)21-39-23(2)37;1-21-12-22(9-10-31-21)16-34(18-24-17-32(2)28-8-4-3-7-27(28)29(24)36)25-6-5-11-33(19-25)26-13-23(20-35)14-30-15-26/h4-5,8-11,13-16,18,27H,6-7,12,17,19-21H2,1-3H3;3-4,7-10,12-15,17,25,35H,5-6,11,16,18-20H2,1-2H3/t27-;25-/m00/s1.